The molecule has 0 radical (unpaired) electrons. The quantitative estimate of drug-likeness (QED) is 0.394. The van der Waals surface area contributed by atoms with Crippen molar-refractivity contribution in [1.82, 2.24) is 0 Å². The predicted molar refractivity (Wildman–Crippen MR) is 103 cm³/mol. The van der Waals surface area contributed by atoms with Crippen molar-refractivity contribution < 1.29 is 0 Å². The average Bonchev–Trinajstić information content (AvgIpc) is 2.74. The van der Waals surface area contributed by atoms with E-state index in [1.165, 1.54) is 61.8 Å². The van der Waals surface area contributed by atoms with Crippen molar-refractivity contribution >= 4 is 11.3 Å². The number of aryl methyl sites for hydroxylation is 3. The lowest BCUT2D eigenvalue weighted by Crippen LogP contribution is -2.01. The van der Waals surface area contributed by atoms with Gasteiger partial charge in [-0.2, -0.15) is 0 Å². The Morgan fingerprint density at radius 1 is 0.818 bits per heavy atom. The van der Waals surface area contributed by atoms with Gasteiger partial charge in [0.2, 0.25) is 0 Å². The third-order valence-corrected chi connectivity index (χ3v) is 6.09. The maximum absolute atomic E-state index is 2.45. The summed E-state index contributed by atoms with van der Waals surface area (Å²) >= 11 is 2.00. The summed E-state index contributed by atoms with van der Waals surface area (Å²) in [7, 11) is 0. The van der Waals surface area contributed by atoms with Gasteiger partial charge in [0.1, 0.15) is 0 Å². The highest BCUT2D eigenvalue weighted by Gasteiger charge is 2.09. The summed E-state index contributed by atoms with van der Waals surface area (Å²) in [6, 6.07) is 2.34. The summed E-state index contributed by atoms with van der Waals surface area (Å²) in [5, 5.41) is 0. The summed E-state index contributed by atoms with van der Waals surface area (Å²) in [6.45, 7) is 14.1. The Labute approximate surface area is 143 Å². The van der Waals surface area contributed by atoms with Gasteiger partial charge in [-0.15, -0.1) is 11.3 Å². The van der Waals surface area contributed by atoms with E-state index in [1.54, 1.807) is 4.88 Å². The van der Waals surface area contributed by atoms with Gasteiger partial charge in [-0.25, -0.2) is 0 Å². The van der Waals surface area contributed by atoms with Crippen LogP contribution in [0.1, 0.15) is 88.0 Å². The van der Waals surface area contributed by atoms with Crippen LogP contribution in [0.3, 0.4) is 0 Å². The second-order valence-electron chi connectivity index (χ2n) is 7.97. The van der Waals surface area contributed by atoms with Gasteiger partial charge in [-0.1, -0.05) is 66.2 Å². The average molecular weight is 323 g/mol. The van der Waals surface area contributed by atoms with Crippen LogP contribution in [0.15, 0.2) is 6.07 Å². The Morgan fingerprint density at radius 3 is 1.86 bits per heavy atom. The second-order valence-corrected chi connectivity index (χ2v) is 9.31. The normalized spacial score (nSPS) is 14.5. The minimum Gasteiger partial charge on any atom is -0.145 e. The van der Waals surface area contributed by atoms with Crippen LogP contribution in [0.2, 0.25) is 0 Å². The summed E-state index contributed by atoms with van der Waals surface area (Å²) in [5.41, 5.74) is 1.51. The van der Waals surface area contributed by atoms with Crippen molar-refractivity contribution in [1.29, 1.82) is 0 Å². The molecule has 2 unspecified atom stereocenters. The predicted octanol–water partition coefficient (Wildman–Crippen LogP) is 7.57. The molecule has 22 heavy (non-hydrogen) atoms. The zero-order chi connectivity index (χ0) is 16.5. The largest absolute Gasteiger partial charge is 0.145 e. The lowest BCUT2D eigenvalue weighted by Gasteiger charge is -2.15. The van der Waals surface area contributed by atoms with E-state index in [1.807, 2.05) is 11.3 Å². The van der Waals surface area contributed by atoms with Crippen molar-refractivity contribution in [3.05, 3.63) is 21.4 Å². The first-order valence-electron chi connectivity index (χ1n) is 9.44. The van der Waals surface area contributed by atoms with E-state index in [0.717, 1.165) is 17.8 Å². The van der Waals surface area contributed by atoms with Crippen LogP contribution in [0.4, 0.5) is 0 Å². The number of rotatable bonds is 11. The Kier molecular flexibility index (Phi) is 9.40. The van der Waals surface area contributed by atoms with E-state index in [9.17, 15) is 0 Å². The molecule has 1 heteroatoms. The molecule has 0 aromatic carbocycles. The van der Waals surface area contributed by atoms with Gasteiger partial charge in [0.25, 0.3) is 0 Å². The molecular weight excluding hydrogens is 284 g/mol. The van der Waals surface area contributed by atoms with Crippen molar-refractivity contribution in [2.24, 2.45) is 17.8 Å². The van der Waals surface area contributed by atoms with E-state index < -0.39 is 0 Å². The molecule has 0 nitrogen and oxygen atoms in total. The van der Waals surface area contributed by atoms with E-state index in [0.29, 0.717) is 0 Å². The molecule has 0 aliphatic rings. The Hall–Kier alpha value is -0.300. The first kappa shape index (κ1) is 19.7. The third-order valence-electron chi connectivity index (χ3n) is 4.88. The molecule has 0 bridgehead atoms. The lowest BCUT2D eigenvalue weighted by atomic mass is 9.92. The first-order chi connectivity index (χ1) is 10.4. The fourth-order valence-electron chi connectivity index (χ4n) is 3.29. The number of hydrogen-bond acceptors (Lipinski definition) is 1. The molecule has 0 spiro atoms. The van der Waals surface area contributed by atoms with Crippen LogP contribution < -0.4 is 0 Å². The summed E-state index contributed by atoms with van der Waals surface area (Å²) in [5.74, 6) is 2.68. The molecule has 0 aliphatic heterocycles. The molecule has 1 aromatic rings. The molecule has 0 fully saturated rings. The van der Waals surface area contributed by atoms with Gasteiger partial charge in [0.05, 0.1) is 0 Å². The minimum atomic E-state index is 0.872. The SMILES string of the molecule is Cc1cc(C)c(CCC(C)CCCC(C)CCCC(C)C)s1. The van der Waals surface area contributed by atoms with E-state index >= 15 is 0 Å². The standard InChI is InChI=1S/C21H38S/c1-16(2)9-7-10-17(3)11-8-12-18(4)13-14-21-19(5)15-20(6)22-21/h15-18H,7-14H2,1-6H3. The van der Waals surface area contributed by atoms with Crippen molar-refractivity contribution in [3.8, 4) is 0 Å². The van der Waals surface area contributed by atoms with Crippen LogP contribution in [-0.4, -0.2) is 0 Å². The third kappa shape index (κ3) is 8.36. The van der Waals surface area contributed by atoms with E-state index in [4.69, 9.17) is 0 Å². The van der Waals surface area contributed by atoms with Gasteiger partial charge in [0.15, 0.2) is 0 Å². The maximum atomic E-state index is 2.45. The van der Waals surface area contributed by atoms with Crippen LogP contribution >= 0.6 is 11.3 Å². The highest BCUT2D eigenvalue weighted by Crippen LogP contribution is 2.25. The molecule has 0 N–H and O–H groups in total. The van der Waals surface area contributed by atoms with Crippen molar-refractivity contribution in [2.75, 3.05) is 0 Å². The van der Waals surface area contributed by atoms with Gasteiger partial charge < -0.3 is 0 Å². The van der Waals surface area contributed by atoms with Gasteiger partial charge >= 0.3 is 0 Å². The summed E-state index contributed by atoms with van der Waals surface area (Å²) < 4.78 is 0. The van der Waals surface area contributed by atoms with Crippen molar-refractivity contribution in [3.63, 3.8) is 0 Å². The molecule has 2 atom stereocenters. The Bertz CT molecular complexity index is 402. The van der Waals surface area contributed by atoms with Crippen LogP contribution in [0.25, 0.3) is 0 Å². The smallest absolute Gasteiger partial charge is 0.00773 e. The van der Waals surface area contributed by atoms with Crippen LogP contribution in [0, 0.1) is 31.6 Å². The second kappa shape index (κ2) is 10.5. The van der Waals surface area contributed by atoms with Gasteiger partial charge in [0, 0.05) is 9.75 Å². The molecule has 1 rings (SSSR count). The minimum absolute atomic E-state index is 0.872. The first-order valence-corrected chi connectivity index (χ1v) is 10.3. The van der Waals surface area contributed by atoms with Crippen molar-refractivity contribution in [2.45, 2.75) is 92.9 Å². The molecule has 1 heterocycles. The monoisotopic (exact) mass is 322 g/mol. The molecule has 0 aliphatic carbocycles. The lowest BCUT2D eigenvalue weighted by molar-refractivity contribution is 0.393. The number of hydrogen-bond donors (Lipinski definition) is 0. The zero-order valence-corrected chi connectivity index (χ0v) is 16.7. The maximum Gasteiger partial charge on any atom is 0.00773 e. The zero-order valence-electron chi connectivity index (χ0n) is 15.9. The van der Waals surface area contributed by atoms with E-state index in [2.05, 4.69) is 47.6 Å². The van der Waals surface area contributed by atoms with Gasteiger partial charge in [-0.3, -0.25) is 0 Å². The fraction of sp³-hybridized carbons (Fsp3) is 0.810. The molecule has 128 valence electrons. The molecule has 0 saturated heterocycles. The van der Waals surface area contributed by atoms with E-state index in [-0.39, 0.29) is 0 Å². The van der Waals surface area contributed by atoms with Crippen LogP contribution in [-0.2, 0) is 6.42 Å². The fourth-order valence-corrected chi connectivity index (χ4v) is 4.36. The topological polar surface area (TPSA) is 0 Å². The Balaban J connectivity index is 2.10. The molecule has 0 saturated carbocycles. The Morgan fingerprint density at radius 2 is 1.36 bits per heavy atom. The summed E-state index contributed by atoms with van der Waals surface area (Å²) in [4.78, 5) is 3.08. The molecule has 1 aromatic heterocycles. The molecule has 0 amide bonds. The van der Waals surface area contributed by atoms with Crippen LogP contribution in [0.5, 0.6) is 0 Å². The summed E-state index contributed by atoms with van der Waals surface area (Å²) in [6.07, 6.45) is 11.2. The van der Waals surface area contributed by atoms with Gasteiger partial charge in [-0.05, 0) is 56.1 Å². The molecular formula is C21H38S. The number of thiophene rings is 1. The highest BCUT2D eigenvalue weighted by atomic mass is 32.1. The highest BCUT2D eigenvalue weighted by molar-refractivity contribution is 7.12.